The summed E-state index contributed by atoms with van der Waals surface area (Å²) in [6.07, 6.45) is 4.12. The van der Waals surface area contributed by atoms with Gasteiger partial charge >= 0.3 is 0 Å². The lowest BCUT2D eigenvalue weighted by atomic mass is 10.0. The summed E-state index contributed by atoms with van der Waals surface area (Å²) < 4.78 is 0. The van der Waals surface area contributed by atoms with Crippen LogP contribution in [0.5, 0.6) is 0 Å². The van der Waals surface area contributed by atoms with Crippen LogP contribution in [-0.4, -0.2) is 15.8 Å². The zero-order valence-electron chi connectivity index (χ0n) is 6.79. The maximum absolute atomic E-state index is 11.3. The third kappa shape index (κ3) is 1.67. The molecule has 0 spiro atoms. The molecule has 1 rings (SSSR count). The van der Waals surface area contributed by atoms with E-state index in [2.05, 4.69) is 9.97 Å². The Balaban J connectivity index is 2.70. The Morgan fingerprint density at radius 3 is 3.00 bits per heavy atom. The van der Waals surface area contributed by atoms with Gasteiger partial charge in [0.2, 0.25) is 5.78 Å². The van der Waals surface area contributed by atoms with Crippen LogP contribution in [0.15, 0.2) is 12.4 Å². The quantitative estimate of drug-likeness (QED) is 0.669. The Morgan fingerprint density at radius 1 is 1.82 bits per heavy atom. The van der Waals surface area contributed by atoms with Gasteiger partial charge in [0.05, 0.1) is 0 Å². The van der Waals surface area contributed by atoms with Gasteiger partial charge in [-0.1, -0.05) is 13.8 Å². The lowest BCUT2D eigenvalue weighted by Crippen LogP contribution is -2.11. The molecule has 0 aromatic carbocycles. The number of ketones is 1. The van der Waals surface area contributed by atoms with Crippen LogP contribution in [0.4, 0.5) is 0 Å². The minimum absolute atomic E-state index is 0.0705. The molecule has 0 radical (unpaired) electrons. The first kappa shape index (κ1) is 7.98. The van der Waals surface area contributed by atoms with Gasteiger partial charge in [0.25, 0.3) is 0 Å². The molecule has 0 saturated heterocycles. The van der Waals surface area contributed by atoms with Gasteiger partial charge in [-0.15, -0.1) is 0 Å². The Hall–Kier alpha value is -1.12. The highest BCUT2D eigenvalue weighted by Crippen LogP contribution is 2.06. The monoisotopic (exact) mass is 152 g/mol. The highest BCUT2D eigenvalue weighted by Gasteiger charge is 2.14. The molecule has 0 amide bonds. The van der Waals surface area contributed by atoms with Crippen molar-refractivity contribution in [2.24, 2.45) is 5.92 Å². The molecular formula is C8H12N2O. The summed E-state index contributed by atoms with van der Waals surface area (Å²) in [5, 5.41) is 0. The van der Waals surface area contributed by atoms with E-state index < -0.39 is 0 Å². The average molecular weight is 152 g/mol. The topological polar surface area (TPSA) is 45.8 Å². The van der Waals surface area contributed by atoms with Crippen molar-refractivity contribution in [1.29, 1.82) is 0 Å². The van der Waals surface area contributed by atoms with E-state index in [9.17, 15) is 4.79 Å². The Labute approximate surface area is 65.8 Å². The number of Topliss-reactive ketones (excluding diaryl/α,β-unsaturated/α-hetero) is 1. The summed E-state index contributed by atoms with van der Waals surface area (Å²) in [5.74, 6) is 0.637. The molecule has 0 fully saturated rings. The van der Waals surface area contributed by atoms with Gasteiger partial charge in [-0.3, -0.25) is 4.79 Å². The van der Waals surface area contributed by atoms with Gasteiger partial charge in [-0.05, 0) is 6.42 Å². The molecule has 1 atom stereocenters. The molecular weight excluding hydrogens is 140 g/mol. The van der Waals surface area contributed by atoms with Crippen molar-refractivity contribution >= 4 is 5.78 Å². The summed E-state index contributed by atoms with van der Waals surface area (Å²) >= 11 is 0. The summed E-state index contributed by atoms with van der Waals surface area (Å²) in [6.45, 7) is 3.90. The van der Waals surface area contributed by atoms with Crippen LogP contribution in [-0.2, 0) is 0 Å². The highest BCUT2D eigenvalue weighted by molar-refractivity contribution is 5.94. The van der Waals surface area contributed by atoms with Gasteiger partial charge in [0.15, 0.2) is 5.82 Å². The van der Waals surface area contributed by atoms with E-state index in [1.165, 1.54) is 0 Å². The molecule has 0 aliphatic heterocycles. The largest absolute Gasteiger partial charge is 0.342 e. The molecule has 1 aromatic rings. The van der Waals surface area contributed by atoms with Crippen LogP contribution >= 0.6 is 0 Å². The molecule has 11 heavy (non-hydrogen) atoms. The molecule has 1 heterocycles. The Bertz CT molecular complexity index is 228. The highest BCUT2D eigenvalue weighted by atomic mass is 16.1. The average Bonchev–Trinajstić information content (AvgIpc) is 2.53. The number of hydrogen-bond acceptors (Lipinski definition) is 2. The number of hydrogen-bond donors (Lipinski definition) is 1. The van der Waals surface area contributed by atoms with Crippen LogP contribution in [0, 0.1) is 5.92 Å². The number of carbonyl (C=O) groups excluding carboxylic acids is 1. The van der Waals surface area contributed by atoms with Crippen LogP contribution in [0.1, 0.15) is 30.9 Å². The van der Waals surface area contributed by atoms with Crippen molar-refractivity contribution in [1.82, 2.24) is 9.97 Å². The van der Waals surface area contributed by atoms with Gasteiger partial charge < -0.3 is 4.98 Å². The third-order valence-corrected chi connectivity index (χ3v) is 1.79. The van der Waals surface area contributed by atoms with Crippen molar-refractivity contribution in [2.75, 3.05) is 0 Å². The van der Waals surface area contributed by atoms with Gasteiger partial charge in [-0.2, -0.15) is 0 Å². The van der Waals surface area contributed by atoms with E-state index in [0.29, 0.717) is 5.82 Å². The van der Waals surface area contributed by atoms with Gasteiger partial charge in [0.1, 0.15) is 0 Å². The van der Waals surface area contributed by atoms with Crippen LogP contribution in [0.2, 0.25) is 0 Å². The SMILES string of the molecule is CCC(C)C(=O)c1ncc[nH]1. The fourth-order valence-electron chi connectivity index (χ4n) is 0.819. The molecule has 1 unspecified atom stereocenters. The lowest BCUT2D eigenvalue weighted by Gasteiger charge is -2.02. The Kier molecular flexibility index (Phi) is 2.41. The first-order valence-corrected chi connectivity index (χ1v) is 3.79. The normalized spacial score (nSPS) is 12.9. The first-order chi connectivity index (χ1) is 5.25. The summed E-state index contributed by atoms with van der Waals surface area (Å²) in [4.78, 5) is 18.0. The fraction of sp³-hybridized carbons (Fsp3) is 0.500. The minimum Gasteiger partial charge on any atom is -0.342 e. The fourth-order valence-corrected chi connectivity index (χ4v) is 0.819. The van der Waals surface area contributed by atoms with E-state index in [1.807, 2.05) is 13.8 Å². The second-order valence-electron chi connectivity index (χ2n) is 2.61. The van der Waals surface area contributed by atoms with Crippen LogP contribution in [0.3, 0.4) is 0 Å². The maximum Gasteiger partial charge on any atom is 0.200 e. The van der Waals surface area contributed by atoms with Crippen molar-refractivity contribution in [2.45, 2.75) is 20.3 Å². The number of rotatable bonds is 3. The Morgan fingerprint density at radius 2 is 2.55 bits per heavy atom. The van der Waals surface area contributed by atoms with Crippen molar-refractivity contribution in [3.63, 3.8) is 0 Å². The minimum atomic E-state index is 0.0705. The van der Waals surface area contributed by atoms with Crippen molar-refractivity contribution in [3.05, 3.63) is 18.2 Å². The zero-order valence-corrected chi connectivity index (χ0v) is 6.79. The second-order valence-corrected chi connectivity index (χ2v) is 2.61. The number of nitrogens with zero attached hydrogens (tertiary/aromatic N) is 1. The maximum atomic E-state index is 11.3. The molecule has 1 N–H and O–H groups in total. The van der Waals surface area contributed by atoms with E-state index in [1.54, 1.807) is 12.4 Å². The van der Waals surface area contributed by atoms with Crippen LogP contribution < -0.4 is 0 Å². The summed E-state index contributed by atoms with van der Waals surface area (Å²) in [7, 11) is 0. The molecule has 0 bridgehead atoms. The predicted octanol–water partition coefficient (Wildman–Crippen LogP) is 1.64. The molecule has 3 heteroatoms. The third-order valence-electron chi connectivity index (χ3n) is 1.79. The lowest BCUT2D eigenvalue weighted by molar-refractivity contribution is 0.0917. The summed E-state index contributed by atoms with van der Waals surface area (Å²) in [5.41, 5.74) is 0. The smallest absolute Gasteiger partial charge is 0.200 e. The zero-order chi connectivity index (χ0) is 8.27. The van der Waals surface area contributed by atoms with E-state index in [-0.39, 0.29) is 11.7 Å². The molecule has 1 aromatic heterocycles. The first-order valence-electron chi connectivity index (χ1n) is 3.79. The number of imidazole rings is 1. The number of carbonyl (C=O) groups is 1. The number of aromatic nitrogens is 2. The van der Waals surface area contributed by atoms with Crippen LogP contribution in [0.25, 0.3) is 0 Å². The standard InChI is InChI=1S/C8H12N2O/c1-3-6(2)7(11)8-9-4-5-10-8/h4-6H,3H2,1-2H3,(H,9,10). The van der Waals surface area contributed by atoms with Crippen molar-refractivity contribution < 1.29 is 4.79 Å². The van der Waals surface area contributed by atoms with E-state index in [0.717, 1.165) is 6.42 Å². The number of nitrogens with one attached hydrogen (secondary N) is 1. The second kappa shape index (κ2) is 3.32. The van der Waals surface area contributed by atoms with Crippen molar-refractivity contribution in [3.8, 4) is 0 Å². The van der Waals surface area contributed by atoms with E-state index >= 15 is 0 Å². The van der Waals surface area contributed by atoms with Gasteiger partial charge in [-0.25, -0.2) is 4.98 Å². The predicted molar refractivity (Wildman–Crippen MR) is 42.4 cm³/mol. The molecule has 0 aliphatic carbocycles. The molecule has 0 saturated carbocycles. The van der Waals surface area contributed by atoms with E-state index in [4.69, 9.17) is 0 Å². The number of H-pyrrole nitrogens is 1. The van der Waals surface area contributed by atoms with Gasteiger partial charge in [0, 0.05) is 18.3 Å². The molecule has 60 valence electrons. The number of aromatic amines is 1. The molecule has 0 aliphatic rings. The summed E-state index contributed by atoms with van der Waals surface area (Å²) in [6, 6.07) is 0. The molecule has 3 nitrogen and oxygen atoms in total.